The summed E-state index contributed by atoms with van der Waals surface area (Å²) in [4.78, 5) is 16.8. The molecule has 0 spiro atoms. The maximum absolute atomic E-state index is 13.1. The molecule has 5 nitrogen and oxygen atoms in total. The van der Waals surface area contributed by atoms with E-state index in [1.54, 1.807) is 30.3 Å². The van der Waals surface area contributed by atoms with Crippen LogP contribution in [0.1, 0.15) is 11.1 Å². The number of hydrogen-bond acceptors (Lipinski definition) is 4. The number of oxazole rings is 1. The van der Waals surface area contributed by atoms with Crippen molar-refractivity contribution in [2.45, 2.75) is 13.8 Å². The second-order valence-electron chi connectivity index (χ2n) is 6.94. The topological polar surface area (TPSA) is 64.4 Å². The molecule has 0 unspecified atom stereocenters. The number of carbonyl (C=O) groups is 1. The molecule has 152 valence electrons. The normalized spacial score (nSPS) is 10.9. The summed E-state index contributed by atoms with van der Waals surface area (Å²) in [5.74, 6) is 0.418. The Hall–Kier alpha value is -3.19. The fourth-order valence-electron chi connectivity index (χ4n) is 3.14. The number of nitrogens with one attached hydrogen (secondary N) is 1. The molecule has 1 heterocycles. The number of rotatable bonds is 5. The Morgan fingerprint density at radius 3 is 2.63 bits per heavy atom. The molecule has 3 aromatic carbocycles. The van der Waals surface area contributed by atoms with Crippen LogP contribution in [0, 0.1) is 19.7 Å². The minimum absolute atomic E-state index is 0.125. The second kappa shape index (κ2) is 8.28. The highest BCUT2D eigenvalue weighted by atomic mass is 79.9. The first-order chi connectivity index (χ1) is 14.4. The van der Waals surface area contributed by atoms with E-state index in [9.17, 15) is 9.18 Å². The lowest BCUT2D eigenvalue weighted by atomic mass is 10.1. The second-order valence-corrected chi connectivity index (χ2v) is 7.79. The van der Waals surface area contributed by atoms with E-state index in [4.69, 9.17) is 9.15 Å². The summed E-state index contributed by atoms with van der Waals surface area (Å²) in [6.07, 6.45) is 0. The van der Waals surface area contributed by atoms with Crippen LogP contribution in [0.5, 0.6) is 5.75 Å². The van der Waals surface area contributed by atoms with Gasteiger partial charge in [0.25, 0.3) is 5.91 Å². The molecular weight excluding hydrogens is 451 g/mol. The Kier molecular flexibility index (Phi) is 5.55. The van der Waals surface area contributed by atoms with Gasteiger partial charge in [0.2, 0.25) is 5.89 Å². The van der Waals surface area contributed by atoms with Crippen molar-refractivity contribution in [3.63, 3.8) is 0 Å². The third-order valence-electron chi connectivity index (χ3n) is 4.48. The van der Waals surface area contributed by atoms with Crippen LogP contribution in [0.4, 0.5) is 10.1 Å². The molecule has 0 aliphatic carbocycles. The van der Waals surface area contributed by atoms with E-state index >= 15 is 0 Å². The molecule has 30 heavy (non-hydrogen) atoms. The van der Waals surface area contributed by atoms with Gasteiger partial charge in [0.05, 0.1) is 4.47 Å². The number of anilines is 1. The molecule has 0 fully saturated rings. The van der Waals surface area contributed by atoms with Crippen molar-refractivity contribution < 1.29 is 18.3 Å². The highest BCUT2D eigenvalue weighted by Gasteiger charge is 2.12. The molecule has 0 radical (unpaired) electrons. The van der Waals surface area contributed by atoms with E-state index in [1.165, 1.54) is 12.1 Å². The number of fused-ring (bicyclic) bond motifs is 1. The number of aromatic nitrogens is 1. The summed E-state index contributed by atoms with van der Waals surface area (Å²) >= 11 is 3.47. The van der Waals surface area contributed by atoms with Crippen molar-refractivity contribution in [2.24, 2.45) is 0 Å². The van der Waals surface area contributed by atoms with Crippen LogP contribution >= 0.6 is 15.9 Å². The highest BCUT2D eigenvalue weighted by Crippen LogP contribution is 2.30. The Labute approximate surface area is 181 Å². The van der Waals surface area contributed by atoms with Crippen LogP contribution in [0.25, 0.3) is 22.6 Å². The van der Waals surface area contributed by atoms with Crippen LogP contribution < -0.4 is 10.1 Å². The number of hydrogen-bond donors (Lipinski definition) is 1. The molecule has 0 aliphatic heterocycles. The van der Waals surface area contributed by atoms with E-state index in [2.05, 4.69) is 26.2 Å². The van der Waals surface area contributed by atoms with Gasteiger partial charge in [0.15, 0.2) is 12.2 Å². The third-order valence-corrected chi connectivity index (χ3v) is 5.07. The summed E-state index contributed by atoms with van der Waals surface area (Å²) < 4.78 is 25.3. The molecule has 1 amide bonds. The lowest BCUT2D eigenvalue weighted by Gasteiger charge is -2.12. The molecule has 0 atom stereocenters. The molecule has 0 bridgehead atoms. The largest absolute Gasteiger partial charge is 0.482 e. The van der Waals surface area contributed by atoms with Gasteiger partial charge in [0, 0.05) is 11.3 Å². The van der Waals surface area contributed by atoms with Crippen molar-refractivity contribution >= 4 is 38.6 Å². The number of halogens is 2. The third kappa shape index (κ3) is 4.36. The van der Waals surface area contributed by atoms with Crippen LogP contribution in [-0.2, 0) is 4.79 Å². The van der Waals surface area contributed by atoms with Crippen molar-refractivity contribution in [1.29, 1.82) is 0 Å². The quantitative estimate of drug-likeness (QED) is 0.388. The summed E-state index contributed by atoms with van der Waals surface area (Å²) in [6.45, 7) is 3.80. The zero-order chi connectivity index (χ0) is 21.3. The van der Waals surface area contributed by atoms with Gasteiger partial charge in [-0.25, -0.2) is 9.37 Å². The van der Waals surface area contributed by atoms with Gasteiger partial charge in [-0.1, -0.05) is 6.07 Å². The van der Waals surface area contributed by atoms with Gasteiger partial charge < -0.3 is 14.5 Å². The van der Waals surface area contributed by atoms with E-state index in [-0.39, 0.29) is 18.3 Å². The SMILES string of the molecule is Cc1cc(C)c(OCC(=O)Nc2ccc3oc(-c4ccc(F)cc4)nc3c2)c(Br)c1. The summed E-state index contributed by atoms with van der Waals surface area (Å²) in [6, 6.07) is 15.0. The maximum atomic E-state index is 13.1. The number of amides is 1. The van der Waals surface area contributed by atoms with E-state index < -0.39 is 0 Å². The fourth-order valence-corrected chi connectivity index (χ4v) is 3.93. The maximum Gasteiger partial charge on any atom is 0.262 e. The van der Waals surface area contributed by atoms with Gasteiger partial charge >= 0.3 is 0 Å². The van der Waals surface area contributed by atoms with Crippen LogP contribution in [-0.4, -0.2) is 17.5 Å². The Balaban J connectivity index is 1.46. The van der Waals surface area contributed by atoms with Crippen LogP contribution in [0.15, 0.2) is 63.5 Å². The van der Waals surface area contributed by atoms with Gasteiger partial charge in [-0.2, -0.15) is 0 Å². The highest BCUT2D eigenvalue weighted by molar-refractivity contribution is 9.10. The first-order valence-electron chi connectivity index (χ1n) is 9.25. The molecule has 0 aliphatic rings. The zero-order valence-corrected chi connectivity index (χ0v) is 17.9. The molecule has 1 aromatic heterocycles. The average Bonchev–Trinajstić information content (AvgIpc) is 3.11. The standard InChI is InChI=1S/C23H18BrFN2O3/c1-13-9-14(2)22(18(24)10-13)29-12-21(28)26-17-7-8-20-19(11-17)27-23(30-20)15-3-5-16(25)6-4-15/h3-11H,12H2,1-2H3,(H,26,28). The number of carbonyl (C=O) groups excluding carboxylic acids is 1. The van der Waals surface area contributed by atoms with Crippen LogP contribution in [0.3, 0.4) is 0 Å². The predicted molar refractivity (Wildman–Crippen MR) is 117 cm³/mol. The Morgan fingerprint density at radius 2 is 1.90 bits per heavy atom. The monoisotopic (exact) mass is 468 g/mol. The molecule has 4 aromatic rings. The Bertz CT molecular complexity index is 1210. The van der Waals surface area contributed by atoms with Gasteiger partial charge in [-0.3, -0.25) is 4.79 Å². The van der Waals surface area contributed by atoms with Crippen molar-refractivity contribution in [1.82, 2.24) is 4.98 Å². The molecule has 7 heteroatoms. The lowest BCUT2D eigenvalue weighted by Crippen LogP contribution is -2.20. The molecule has 1 N–H and O–H groups in total. The van der Waals surface area contributed by atoms with Crippen molar-refractivity contribution in [3.8, 4) is 17.2 Å². The van der Waals surface area contributed by atoms with Gasteiger partial charge in [-0.15, -0.1) is 0 Å². The van der Waals surface area contributed by atoms with E-state index in [1.807, 2.05) is 26.0 Å². The summed E-state index contributed by atoms with van der Waals surface area (Å²) in [7, 11) is 0. The minimum Gasteiger partial charge on any atom is -0.482 e. The Morgan fingerprint density at radius 1 is 1.13 bits per heavy atom. The predicted octanol–water partition coefficient (Wildman–Crippen LogP) is 6.03. The van der Waals surface area contributed by atoms with E-state index in [0.717, 1.165) is 15.6 Å². The number of benzene rings is 3. The van der Waals surface area contributed by atoms with E-state index in [0.29, 0.717) is 34.0 Å². The molecular formula is C23H18BrFN2O3. The smallest absolute Gasteiger partial charge is 0.262 e. The average molecular weight is 469 g/mol. The first-order valence-corrected chi connectivity index (χ1v) is 10.0. The molecule has 0 saturated heterocycles. The van der Waals surface area contributed by atoms with Gasteiger partial charge in [0.1, 0.15) is 17.1 Å². The summed E-state index contributed by atoms with van der Waals surface area (Å²) in [5, 5.41) is 2.80. The van der Waals surface area contributed by atoms with Crippen molar-refractivity contribution in [2.75, 3.05) is 11.9 Å². The molecule has 0 saturated carbocycles. The number of aryl methyl sites for hydroxylation is 2. The number of nitrogens with zero attached hydrogens (tertiary/aromatic N) is 1. The number of ether oxygens (including phenoxy) is 1. The van der Waals surface area contributed by atoms with Crippen molar-refractivity contribution in [3.05, 3.63) is 76.0 Å². The van der Waals surface area contributed by atoms with Gasteiger partial charge in [-0.05, 0) is 89.4 Å². The lowest BCUT2D eigenvalue weighted by molar-refractivity contribution is -0.118. The fraction of sp³-hybridized carbons (Fsp3) is 0.130. The zero-order valence-electron chi connectivity index (χ0n) is 16.3. The first kappa shape index (κ1) is 20.1. The summed E-state index contributed by atoms with van der Waals surface area (Å²) in [5.41, 5.74) is 4.47. The minimum atomic E-state index is -0.324. The molecule has 4 rings (SSSR count). The van der Waals surface area contributed by atoms with Crippen LogP contribution in [0.2, 0.25) is 0 Å².